The number of thiazole rings is 1. The molecular formula is C24H20Br2N2O4S. The zero-order chi connectivity index (χ0) is 23.7. The minimum absolute atomic E-state index is 0.235. The zero-order valence-electron chi connectivity index (χ0n) is 18.1. The predicted octanol–water partition coefficient (Wildman–Crippen LogP) is 4.33. The van der Waals surface area contributed by atoms with Gasteiger partial charge in [0.2, 0.25) is 0 Å². The number of hydrogen-bond donors (Lipinski definition) is 0. The molecule has 0 saturated heterocycles. The Morgan fingerprint density at radius 2 is 1.97 bits per heavy atom. The number of rotatable bonds is 5. The average Bonchev–Trinajstić information content (AvgIpc) is 3.08. The van der Waals surface area contributed by atoms with E-state index in [4.69, 9.17) is 9.47 Å². The van der Waals surface area contributed by atoms with E-state index in [9.17, 15) is 9.59 Å². The van der Waals surface area contributed by atoms with E-state index in [1.54, 1.807) is 31.6 Å². The molecule has 2 aromatic carbocycles. The summed E-state index contributed by atoms with van der Waals surface area (Å²) in [5.74, 6) is 0.145. The van der Waals surface area contributed by atoms with Crippen molar-refractivity contribution in [3.8, 4) is 5.75 Å². The van der Waals surface area contributed by atoms with Crippen LogP contribution < -0.4 is 19.6 Å². The summed E-state index contributed by atoms with van der Waals surface area (Å²) in [5.41, 5.74) is 2.22. The molecule has 1 aliphatic rings. The molecule has 6 nitrogen and oxygen atoms in total. The number of carbonyl (C=O) groups is 1. The first-order valence-electron chi connectivity index (χ1n) is 10.1. The maximum atomic E-state index is 13.6. The number of methoxy groups -OCH3 is 1. The highest BCUT2D eigenvalue weighted by molar-refractivity contribution is 9.11. The molecule has 1 aromatic heterocycles. The minimum Gasteiger partial charge on any atom is -0.495 e. The van der Waals surface area contributed by atoms with Gasteiger partial charge in [0.15, 0.2) is 4.80 Å². The molecule has 4 rings (SSSR count). The molecule has 0 amide bonds. The largest absolute Gasteiger partial charge is 0.495 e. The van der Waals surface area contributed by atoms with Crippen molar-refractivity contribution < 1.29 is 14.3 Å². The van der Waals surface area contributed by atoms with E-state index in [-0.39, 0.29) is 12.2 Å². The number of ether oxygens (including phenoxy) is 2. The van der Waals surface area contributed by atoms with Crippen LogP contribution in [0, 0.1) is 0 Å². The average molecular weight is 592 g/mol. The first-order chi connectivity index (χ1) is 15.8. The molecule has 33 heavy (non-hydrogen) atoms. The first kappa shape index (κ1) is 23.7. The summed E-state index contributed by atoms with van der Waals surface area (Å²) < 4.78 is 14.5. The van der Waals surface area contributed by atoms with Crippen molar-refractivity contribution in [1.82, 2.24) is 4.57 Å². The first-order valence-corrected chi connectivity index (χ1v) is 12.5. The van der Waals surface area contributed by atoms with Crippen LogP contribution in [-0.2, 0) is 9.53 Å². The smallest absolute Gasteiger partial charge is 0.338 e. The van der Waals surface area contributed by atoms with Crippen LogP contribution in [0.4, 0.5) is 0 Å². The molecule has 0 spiro atoms. The molecule has 3 aromatic rings. The second-order valence-corrected chi connectivity index (χ2v) is 10.0. The van der Waals surface area contributed by atoms with Gasteiger partial charge in [-0.25, -0.2) is 9.79 Å². The van der Waals surface area contributed by atoms with E-state index in [1.165, 1.54) is 11.3 Å². The van der Waals surface area contributed by atoms with Crippen LogP contribution in [0.5, 0.6) is 5.75 Å². The Kier molecular flexibility index (Phi) is 7.02. The van der Waals surface area contributed by atoms with E-state index < -0.39 is 12.0 Å². The van der Waals surface area contributed by atoms with Gasteiger partial charge in [-0.2, -0.15) is 0 Å². The number of halogens is 2. The van der Waals surface area contributed by atoms with Gasteiger partial charge in [-0.05, 0) is 53.5 Å². The minimum atomic E-state index is -0.625. The fraction of sp³-hybridized carbons (Fsp3) is 0.208. The summed E-state index contributed by atoms with van der Waals surface area (Å²) in [6.45, 7) is 3.76. The topological polar surface area (TPSA) is 69.9 Å². The summed E-state index contributed by atoms with van der Waals surface area (Å²) >= 11 is 8.26. The molecule has 0 N–H and O–H groups in total. The van der Waals surface area contributed by atoms with Crippen molar-refractivity contribution in [2.75, 3.05) is 13.7 Å². The standard InChI is InChI=1S/C24H20Br2N2O4S/c1-4-32-23(30)19-13(2)27-24-28(20(19)14-8-6-5-7-9-14)22(29)18(33-24)11-15-10-16(25)12-17(26)21(15)31-3/h5-12,20H,4H2,1-3H3/b18-11-/t20-/m1/s1. The SMILES string of the molecule is CCOC(=O)C1=C(C)N=c2s/c(=C\c3cc(Br)cc(Br)c3OC)c(=O)n2[C@@H]1c1ccccc1. The van der Waals surface area contributed by atoms with Crippen molar-refractivity contribution in [1.29, 1.82) is 0 Å². The lowest BCUT2D eigenvalue weighted by molar-refractivity contribution is -0.139. The molecule has 0 fully saturated rings. The van der Waals surface area contributed by atoms with Crippen molar-refractivity contribution in [2.24, 2.45) is 4.99 Å². The second-order valence-electron chi connectivity index (χ2n) is 7.22. The van der Waals surface area contributed by atoms with Gasteiger partial charge < -0.3 is 9.47 Å². The van der Waals surface area contributed by atoms with Gasteiger partial charge in [0.25, 0.3) is 5.56 Å². The monoisotopic (exact) mass is 590 g/mol. The van der Waals surface area contributed by atoms with E-state index in [0.29, 0.717) is 26.4 Å². The van der Waals surface area contributed by atoms with Crippen molar-refractivity contribution in [2.45, 2.75) is 19.9 Å². The molecule has 1 aliphatic heterocycles. The van der Waals surface area contributed by atoms with Gasteiger partial charge in [0.1, 0.15) is 5.75 Å². The molecule has 1 atom stereocenters. The van der Waals surface area contributed by atoms with Gasteiger partial charge in [0, 0.05) is 10.0 Å². The molecule has 170 valence electrons. The molecular weight excluding hydrogens is 572 g/mol. The number of allylic oxidation sites excluding steroid dienone is 1. The third kappa shape index (κ3) is 4.49. The molecule has 0 aliphatic carbocycles. The Hall–Kier alpha value is -2.49. The van der Waals surface area contributed by atoms with Gasteiger partial charge in [-0.3, -0.25) is 9.36 Å². The number of fused-ring (bicyclic) bond motifs is 1. The lowest BCUT2D eigenvalue weighted by Gasteiger charge is -2.24. The van der Waals surface area contributed by atoms with Crippen LogP contribution in [0.3, 0.4) is 0 Å². The quantitative estimate of drug-likeness (QED) is 0.414. The van der Waals surface area contributed by atoms with Crippen LogP contribution in [0.25, 0.3) is 6.08 Å². The molecule has 0 bridgehead atoms. The Morgan fingerprint density at radius 3 is 2.64 bits per heavy atom. The zero-order valence-corrected chi connectivity index (χ0v) is 22.1. The number of hydrogen-bond acceptors (Lipinski definition) is 6. The summed E-state index contributed by atoms with van der Waals surface area (Å²) in [6, 6.07) is 12.6. The van der Waals surface area contributed by atoms with E-state index >= 15 is 0 Å². The maximum Gasteiger partial charge on any atom is 0.338 e. The Morgan fingerprint density at radius 1 is 1.24 bits per heavy atom. The highest BCUT2D eigenvalue weighted by Gasteiger charge is 2.33. The van der Waals surface area contributed by atoms with Crippen molar-refractivity contribution in [3.63, 3.8) is 0 Å². The van der Waals surface area contributed by atoms with Crippen LogP contribution >= 0.6 is 43.2 Å². The summed E-state index contributed by atoms with van der Waals surface area (Å²) in [7, 11) is 1.58. The normalized spacial score (nSPS) is 15.8. The van der Waals surface area contributed by atoms with Crippen LogP contribution in [0.15, 0.2) is 72.5 Å². The van der Waals surface area contributed by atoms with Gasteiger partial charge in [0.05, 0.1) is 40.0 Å². The summed E-state index contributed by atoms with van der Waals surface area (Å²) in [4.78, 5) is 31.7. The van der Waals surface area contributed by atoms with Crippen molar-refractivity contribution >= 4 is 55.2 Å². The van der Waals surface area contributed by atoms with Crippen LogP contribution in [0.2, 0.25) is 0 Å². The number of carbonyl (C=O) groups excluding carboxylic acids is 1. The Labute approximate surface area is 211 Å². The number of aromatic nitrogens is 1. The molecule has 9 heteroatoms. The third-order valence-corrected chi connectivity index (χ3v) is 7.19. The molecule has 0 radical (unpaired) electrons. The summed E-state index contributed by atoms with van der Waals surface area (Å²) in [6.07, 6.45) is 1.78. The number of benzene rings is 2. The van der Waals surface area contributed by atoms with Crippen molar-refractivity contribution in [3.05, 3.63) is 93.5 Å². The number of esters is 1. The lowest BCUT2D eigenvalue weighted by atomic mass is 9.96. The Balaban J connectivity index is 1.98. The third-order valence-electron chi connectivity index (χ3n) is 5.16. The fourth-order valence-electron chi connectivity index (χ4n) is 3.79. The predicted molar refractivity (Wildman–Crippen MR) is 135 cm³/mol. The van der Waals surface area contributed by atoms with E-state index in [2.05, 4.69) is 36.9 Å². The summed E-state index contributed by atoms with van der Waals surface area (Å²) in [5, 5.41) is 0. The van der Waals surface area contributed by atoms with Crippen LogP contribution in [0.1, 0.15) is 31.0 Å². The van der Waals surface area contributed by atoms with Gasteiger partial charge in [-0.1, -0.05) is 57.6 Å². The highest BCUT2D eigenvalue weighted by Crippen LogP contribution is 2.33. The molecule has 2 heterocycles. The highest BCUT2D eigenvalue weighted by atomic mass is 79.9. The van der Waals surface area contributed by atoms with Gasteiger partial charge >= 0.3 is 5.97 Å². The second kappa shape index (κ2) is 9.79. The number of nitrogens with zero attached hydrogens (tertiary/aromatic N) is 2. The van der Waals surface area contributed by atoms with E-state index in [0.717, 1.165) is 20.1 Å². The van der Waals surface area contributed by atoms with Gasteiger partial charge in [-0.15, -0.1) is 0 Å². The molecule has 0 unspecified atom stereocenters. The van der Waals surface area contributed by atoms with Crippen LogP contribution in [-0.4, -0.2) is 24.3 Å². The lowest BCUT2D eigenvalue weighted by Crippen LogP contribution is -2.39. The molecule has 0 saturated carbocycles. The van der Waals surface area contributed by atoms with E-state index in [1.807, 2.05) is 42.5 Å². The fourth-order valence-corrected chi connectivity index (χ4v) is 6.24. The Bertz CT molecular complexity index is 1440. The maximum absolute atomic E-state index is 13.6.